The minimum Gasteiger partial charge on any atom is -0.351 e. The maximum Gasteiger partial charge on any atom is 0.389 e. The Balaban J connectivity index is 1.35. The summed E-state index contributed by atoms with van der Waals surface area (Å²) in [4.78, 5) is 27.0. The van der Waals surface area contributed by atoms with Gasteiger partial charge in [-0.25, -0.2) is 9.97 Å². The quantitative estimate of drug-likeness (QED) is 0.220. The molecule has 0 radical (unpaired) electrons. The highest BCUT2D eigenvalue weighted by Gasteiger charge is 2.31. The molecule has 4 heterocycles. The first-order chi connectivity index (χ1) is 17.9. The van der Waals surface area contributed by atoms with Crippen LogP contribution in [0.3, 0.4) is 0 Å². The van der Waals surface area contributed by atoms with Gasteiger partial charge in [0.05, 0.1) is 5.39 Å². The summed E-state index contributed by atoms with van der Waals surface area (Å²) in [6.07, 6.45) is 1.16. The van der Waals surface area contributed by atoms with Crippen LogP contribution in [0.15, 0.2) is 48.9 Å². The van der Waals surface area contributed by atoms with Gasteiger partial charge in [-0.2, -0.15) is 18.3 Å². The molecule has 4 aromatic rings. The molecule has 3 aromatic heterocycles. The Bertz CT molecular complexity index is 1360. The molecule has 0 fully saturated rings. The van der Waals surface area contributed by atoms with E-state index in [2.05, 4.69) is 37.1 Å². The largest absolute Gasteiger partial charge is 0.389 e. The third-order valence-electron chi connectivity index (χ3n) is 6.82. The molecule has 0 aliphatic carbocycles. The second-order valence-corrected chi connectivity index (χ2v) is 9.44. The number of benzene rings is 1. The van der Waals surface area contributed by atoms with E-state index in [4.69, 9.17) is 0 Å². The second kappa shape index (κ2) is 10.7. The first-order valence-corrected chi connectivity index (χ1v) is 12.6. The van der Waals surface area contributed by atoms with Crippen molar-refractivity contribution in [3.05, 3.63) is 71.4 Å². The Labute approximate surface area is 212 Å². The molecular formula is C27H29F3N6O. The summed E-state index contributed by atoms with van der Waals surface area (Å²) < 4.78 is 39.9. The van der Waals surface area contributed by atoms with Crippen LogP contribution >= 0.6 is 0 Å². The molecule has 194 valence electrons. The molecule has 0 saturated heterocycles. The number of unbranched alkanes of at least 4 members (excludes halogenated alkanes) is 1. The smallest absolute Gasteiger partial charge is 0.351 e. The Morgan fingerprint density at radius 3 is 2.70 bits per heavy atom. The van der Waals surface area contributed by atoms with Crippen molar-refractivity contribution in [3.8, 4) is 0 Å². The summed E-state index contributed by atoms with van der Waals surface area (Å²) in [6, 6.07) is 12.2. The number of alkyl halides is 3. The van der Waals surface area contributed by atoms with Crippen molar-refractivity contribution < 1.29 is 18.0 Å². The van der Waals surface area contributed by atoms with Crippen LogP contribution in [0.25, 0.3) is 11.0 Å². The summed E-state index contributed by atoms with van der Waals surface area (Å²) in [5.74, 6) is 0.433. The topological polar surface area (TPSA) is 79.7 Å². The average Bonchev–Trinajstić information content (AvgIpc) is 3.51. The lowest BCUT2D eigenvalue weighted by Crippen LogP contribution is -2.32. The van der Waals surface area contributed by atoms with Gasteiger partial charge in [0.25, 0.3) is 0 Å². The molecule has 1 N–H and O–H groups in total. The molecule has 1 aromatic carbocycles. The molecule has 0 atom stereocenters. The van der Waals surface area contributed by atoms with Crippen molar-refractivity contribution >= 4 is 22.6 Å². The first-order valence-electron chi connectivity index (χ1n) is 12.6. The fourth-order valence-electron chi connectivity index (χ4n) is 4.99. The van der Waals surface area contributed by atoms with Crippen molar-refractivity contribution in [2.24, 2.45) is 0 Å². The van der Waals surface area contributed by atoms with E-state index in [1.54, 1.807) is 6.20 Å². The van der Waals surface area contributed by atoms with E-state index in [0.717, 1.165) is 47.4 Å². The number of halogens is 3. The van der Waals surface area contributed by atoms with Crippen LogP contribution in [0.1, 0.15) is 59.4 Å². The van der Waals surface area contributed by atoms with Crippen LogP contribution < -0.4 is 4.90 Å². The molecule has 0 bridgehead atoms. The molecule has 0 spiro atoms. The Morgan fingerprint density at radius 1 is 1.05 bits per heavy atom. The number of ketones is 1. The van der Waals surface area contributed by atoms with Gasteiger partial charge in [-0.15, -0.1) is 0 Å². The number of hydrogen-bond acceptors (Lipinski definition) is 5. The Morgan fingerprint density at radius 2 is 1.89 bits per heavy atom. The number of anilines is 1. The van der Waals surface area contributed by atoms with Crippen LogP contribution in [0.2, 0.25) is 0 Å². The molecular weight excluding hydrogens is 481 g/mol. The van der Waals surface area contributed by atoms with Gasteiger partial charge in [-0.1, -0.05) is 30.3 Å². The summed E-state index contributed by atoms with van der Waals surface area (Å²) in [7, 11) is 0. The van der Waals surface area contributed by atoms with Gasteiger partial charge < -0.3 is 9.88 Å². The normalized spacial score (nSPS) is 13.8. The number of H-pyrrole nitrogens is 1. The predicted octanol–water partition coefficient (Wildman–Crippen LogP) is 5.66. The van der Waals surface area contributed by atoms with Crippen molar-refractivity contribution in [2.45, 2.75) is 64.2 Å². The van der Waals surface area contributed by atoms with E-state index in [9.17, 15) is 18.0 Å². The van der Waals surface area contributed by atoms with Gasteiger partial charge in [0.1, 0.15) is 23.5 Å². The van der Waals surface area contributed by atoms with E-state index < -0.39 is 12.6 Å². The third-order valence-corrected chi connectivity index (χ3v) is 6.82. The predicted molar refractivity (Wildman–Crippen MR) is 134 cm³/mol. The molecule has 1 aliphatic rings. The van der Waals surface area contributed by atoms with Gasteiger partial charge in [-0.05, 0) is 37.3 Å². The molecule has 10 heteroatoms. The van der Waals surface area contributed by atoms with Crippen molar-refractivity contribution in [3.63, 3.8) is 0 Å². The van der Waals surface area contributed by atoms with Crippen LogP contribution in [0.4, 0.5) is 19.0 Å². The van der Waals surface area contributed by atoms with Crippen molar-refractivity contribution in [1.29, 1.82) is 0 Å². The number of carbonyl (C=O) groups excluding carboxylic acids is 1. The van der Waals surface area contributed by atoms with E-state index >= 15 is 0 Å². The molecule has 5 rings (SSSR count). The zero-order chi connectivity index (χ0) is 25.8. The summed E-state index contributed by atoms with van der Waals surface area (Å²) >= 11 is 0. The number of aromatic amines is 1. The Hall–Kier alpha value is -3.69. The number of nitrogens with zero attached hydrogens (tertiary/aromatic N) is 5. The fraction of sp³-hybridized carbons (Fsp3) is 0.407. The molecule has 1 aliphatic heterocycles. The standard InChI is InChI=1S/C27H29F3N6O/c28-27(29,30)13-6-10-23(37)24-21-17-35(26-20-11-14-31-25(20)32-18-33-26)16-12-22(21)36(34-24)15-5-4-9-19-7-2-1-3-8-19/h1-3,7-8,11,14,18H,4-6,9-10,12-13,15-17H2,(H,31,32,33). The summed E-state index contributed by atoms with van der Waals surface area (Å²) in [5, 5.41) is 5.54. The summed E-state index contributed by atoms with van der Waals surface area (Å²) in [6.45, 7) is 1.79. The highest BCUT2D eigenvalue weighted by Crippen LogP contribution is 2.31. The second-order valence-electron chi connectivity index (χ2n) is 9.44. The Kier molecular flexibility index (Phi) is 7.25. The number of nitrogens with one attached hydrogen (secondary N) is 1. The molecule has 7 nitrogen and oxygen atoms in total. The first kappa shape index (κ1) is 25.0. The zero-order valence-electron chi connectivity index (χ0n) is 20.5. The van der Waals surface area contributed by atoms with Gasteiger partial charge in [0, 0.05) is 56.4 Å². The lowest BCUT2D eigenvalue weighted by atomic mass is 10.0. The number of rotatable bonds is 10. The number of fused-ring (bicyclic) bond motifs is 2. The van der Waals surface area contributed by atoms with E-state index in [0.29, 0.717) is 31.7 Å². The number of Topliss-reactive ketones (excluding diaryl/α,β-unsaturated/α-hetero) is 1. The zero-order valence-corrected chi connectivity index (χ0v) is 20.5. The summed E-state index contributed by atoms with van der Waals surface area (Å²) in [5.41, 5.74) is 4.10. The van der Waals surface area contributed by atoms with Gasteiger partial charge in [0.2, 0.25) is 0 Å². The molecule has 0 unspecified atom stereocenters. The minimum atomic E-state index is -4.27. The lowest BCUT2D eigenvalue weighted by Gasteiger charge is -2.29. The van der Waals surface area contributed by atoms with Crippen LogP contribution in [0, 0.1) is 0 Å². The van der Waals surface area contributed by atoms with Gasteiger partial charge >= 0.3 is 6.18 Å². The van der Waals surface area contributed by atoms with Crippen molar-refractivity contribution in [1.82, 2.24) is 24.7 Å². The minimum absolute atomic E-state index is 0.174. The maximum atomic E-state index is 13.1. The number of aryl methyl sites for hydroxylation is 2. The van der Waals surface area contributed by atoms with Gasteiger partial charge in [-0.3, -0.25) is 9.48 Å². The monoisotopic (exact) mass is 510 g/mol. The number of aromatic nitrogens is 5. The van der Waals surface area contributed by atoms with Gasteiger partial charge in [0.15, 0.2) is 5.78 Å². The van der Waals surface area contributed by atoms with E-state index in [1.807, 2.05) is 28.9 Å². The molecule has 37 heavy (non-hydrogen) atoms. The number of carbonyl (C=O) groups is 1. The highest BCUT2D eigenvalue weighted by molar-refractivity contribution is 5.96. The van der Waals surface area contributed by atoms with Crippen molar-refractivity contribution in [2.75, 3.05) is 11.4 Å². The molecule has 0 amide bonds. The van der Waals surface area contributed by atoms with E-state index in [1.165, 1.54) is 11.9 Å². The lowest BCUT2D eigenvalue weighted by molar-refractivity contribution is -0.135. The third kappa shape index (κ3) is 5.84. The van der Waals surface area contributed by atoms with Crippen LogP contribution in [0.5, 0.6) is 0 Å². The maximum absolute atomic E-state index is 13.1. The SMILES string of the molecule is O=C(CCCC(F)(F)F)c1nn(CCCCc2ccccc2)c2c1CN(c1ncnc3[nH]ccc13)CC2. The van der Waals surface area contributed by atoms with Crippen LogP contribution in [-0.4, -0.2) is 43.2 Å². The number of hydrogen-bond donors (Lipinski definition) is 1. The van der Waals surface area contributed by atoms with E-state index in [-0.39, 0.29) is 18.6 Å². The molecule has 0 saturated carbocycles. The van der Waals surface area contributed by atoms with Crippen LogP contribution in [-0.2, 0) is 25.9 Å². The fourth-order valence-corrected chi connectivity index (χ4v) is 4.99. The average molecular weight is 511 g/mol. The highest BCUT2D eigenvalue weighted by atomic mass is 19.4.